The van der Waals surface area contributed by atoms with Gasteiger partial charge >= 0.3 is 6.01 Å². The van der Waals surface area contributed by atoms with Crippen molar-refractivity contribution in [2.45, 2.75) is 6.92 Å². The number of nitrogens with zero attached hydrogens (tertiary/aromatic N) is 3. The van der Waals surface area contributed by atoms with E-state index in [1.807, 2.05) is 19.1 Å². The van der Waals surface area contributed by atoms with E-state index in [0.717, 1.165) is 5.56 Å². The topological polar surface area (TPSA) is 66.4 Å². The maximum Gasteiger partial charge on any atom is 0.320 e. The molecule has 0 unspecified atom stereocenters. The Morgan fingerprint density at radius 1 is 1.16 bits per heavy atom. The zero-order chi connectivity index (χ0) is 13.7. The lowest BCUT2D eigenvalue weighted by molar-refractivity contribution is 0.328. The molecule has 0 saturated carbocycles. The molecule has 0 atom stereocenters. The Labute approximate surface area is 111 Å². The highest BCUT2D eigenvalue weighted by Crippen LogP contribution is 2.29. The van der Waals surface area contributed by atoms with Gasteiger partial charge in [0.05, 0.1) is 32.1 Å². The van der Waals surface area contributed by atoms with Gasteiger partial charge in [0.1, 0.15) is 0 Å². The molecule has 2 aromatic heterocycles. The Balaban J connectivity index is 2.51. The quantitative estimate of drug-likeness (QED) is 0.819. The van der Waals surface area contributed by atoms with Crippen molar-refractivity contribution < 1.29 is 14.2 Å². The summed E-state index contributed by atoms with van der Waals surface area (Å²) in [6.45, 7) is 2.43. The minimum absolute atomic E-state index is 0.237. The molecular weight excluding hydrogens is 246 g/mol. The molecule has 100 valence electrons. The first-order valence-electron chi connectivity index (χ1n) is 5.83. The van der Waals surface area contributed by atoms with Gasteiger partial charge in [0.25, 0.3) is 0 Å². The van der Waals surface area contributed by atoms with E-state index >= 15 is 0 Å². The highest BCUT2D eigenvalue weighted by atomic mass is 16.5. The van der Waals surface area contributed by atoms with Crippen LogP contribution in [0.25, 0.3) is 11.3 Å². The first-order valence-corrected chi connectivity index (χ1v) is 5.83. The summed E-state index contributed by atoms with van der Waals surface area (Å²) in [7, 11) is 3.05. The van der Waals surface area contributed by atoms with Crippen molar-refractivity contribution in [3.63, 3.8) is 0 Å². The Morgan fingerprint density at radius 2 is 2.00 bits per heavy atom. The van der Waals surface area contributed by atoms with Crippen LogP contribution in [0.2, 0.25) is 0 Å². The van der Waals surface area contributed by atoms with E-state index in [-0.39, 0.29) is 6.01 Å². The van der Waals surface area contributed by atoms with Crippen molar-refractivity contribution in [2.24, 2.45) is 0 Å². The average Bonchev–Trinajstić information content (AvgIpc) is 2.47. The number of methoxy groups -OCH3 is 2. The van der Waals surface area contributed by atoms with Crippen LogP contribution in [0.4, 0.5) is 0 Å². The summed E-state index contributed by atoms with van der Waals surface area (Å²) in [5, 5.41) is 0. The van der Waals surface area contributed by atoms with Crippen molar-refractivity contribution in [1.29, 1.82) is 0 Å². The second-order valence-corrected chi connectivity index (χ2v) is 3.57. The molecule has 0 aliphatic heterocycles. The lowest BCUT2D eigenvalue weighted by Gasteiger charge is -2.09. The van der Waals surface area contributed by atoms with Gasteiger partial charge in [-0.3, -0.25) is 0 Å². The smallest absolute Gasteiger partial charge is 0.320 e. The average molecular weight is 261 g/mol. The summed E-state index contributed by atoms with van der Waals surface area (Å²) in [4.78, 5) is 12.5. The molecule has 2 aromatic rings. The molecule has 6 heteroatoms. The summed E-state index contributed by atoms with van der Waals surface area (Å²) < 4.78 is 15.7. The van der Waals surface area contributed by atoms with Crippen LogP contribution in [-0.2, 0) is 0 Å². The minimum Gasteiger partial charge on any atom is -0.481 e. The molecule has 0 bridgehead atoms. The van der Waals surface area contributed by atoms with Crippen molar-refractivity contribution in [3.8, 4) is 29.0 Å². The standard InChI is InChI=1S/C13H15N3O3/c1-4-19-12-9(6-5-7-14-12)10-8-11(17-2)16-13(15-10)18-3/h5-8H,4H2,1-3H3. The number of hydrogen-bond donors (Lipinski definition) is 0. The molecule has 2 rings (SSSR count). The van der Waals surface area contributed by atoms with E-state index in [9.17, 15) is 0 Å². The van der Waals surface area contributed by atoms with Crippen LogP contribution < -0.4 is 14.2 Å². The van der Waals surface area contributed by atoms with E-state index in [0.29, 0.717) is 24.1 Å². The highest BCUT2D eigenvalue weighted by molar-refractivity contribution is 5.65. The zero-order valence-electron chi connectivity index (χ0n) is 11.1. The molecule has 19 heavy (non-hydrogen) atoms. The summed E-state index contributed by atoms with van der Waals surface area (Å²) in [5.41, 5.74) is 1.41. The Hall–Kier alpha value is -2.37. The first-order chi connectivity index (χ1) is 9.28. The van der Waals surface area contributed by atoms with Crippen LogP contribution in [0.15, 0.2) is 24.4 Å². The molecule has 2 heterocycles. The molecule has 0 aliphatic carbocycles. The SMILES string of the molecule is CCOc1ncccc1-c1cc(OC)nc(OC)n1. The van der Waals surface area contributed by atoms with Gasteiger partial charge in [-0.25, -0.2) is 4.98 Å². The molecule has 0 spiro atoms. The van der Waals surface area contributed by atoms with Crippen LogP contribution in [0.1, 0.15) is 6.92 Å². The van der Waals surface area contributed by atoms with Gasteiger partial charge in [-0.1, -0.05) is 0 Å². The van der Waals surface area contributed by atoms with Gasteiger partial charge in [-0.2, -0.15) is 9.97 Å². The van der Waals surface area contributed by atoms with Crippen LogP contribution in [-0.4, -0.2) is 35.8 Å². The molecule has 0 saturated heterocycles. The predicted molar refractivity (Wildman–Crippen MR) is 69.5 cm³/mol. The van der Waals surface area contributed by atoms with Crippen molar-refractivity contribution in [3.05, 3.63) is 24.4 Å². The monoisotopic (exact) mass is 261 g/mol. The number of hydrogen-bond acceptors (Lipinski definition) is 6. The normalized spacial score (nSPS) is 10.1. The molecule has 0 N–H and O–H groups in total. The molecular formula is C13H15N3O3. The maximum absolute atomic E-state index is 5.49. The summed E-state index contributed by atoms with van der Waals surface area (Å²) >= 11 is 0. The fraction of sp³-hybridized carbons (Fsp3) is 0.308. The third kappa shape index (κ3) is 2.90. The molecule has 0 amide bonds. The number of aromatic nitrogens is 3. The molecule has 0 radical (unpaired) electrons. The number of ether oxygens (including phenoxy) is 3. The van der Waals surface area contributed by atoms with Gasteiger partial charge in [0.15, 0.2) is 0 Å². The van der Waals surface area contributed by atoms with Gasteiger partial charge < -0.3 is 14.2 Å². The van der Waals surface area contributed by atoms with Crippen LogP contribution >= 0.6 is 0 Å². The van der Waals surface area contributed by atoms with Crippen molar-refractivity contribution in [1.82, 2.24) is 15.0 Å². The van der Waals surface area contributed by atoms with Gasteiger partial charge in [-0.15, -0.1) is 0 Å². The Bertz CT molecular complexity index is 538. The van der Waals surface area contributed by atoms with Gasteiger partial charge in [0.2, 0.25) is 11.8 Å². The van der Waals surface area contributed by atoms with E-state index in [1.165, 1.54) is 14.2 Å². The lowest BCUT2D eigenvalue weighted by Crippen LogP contribution is -2.00. The van der Waals surface area contributed by atoms with E-state index in [2.05, 4.69) is 15.0 Å². The van der Waals surface area contributed by atoms with Gasteiger partial charge in [0, 0.05) is 12.3 Å². The highest BCUT2D eigenvalue weighted by Gasteiger charge is 2.12. The van der Waals surface area contributed by atoms with Crippen molar-refractivity contribution in [2.75, 3.05) is 20.8 Å². The van der Waals surface area contributed by atoms with Crippen LogP contribution in [0.5, 0.6) is 17.8 Å². The number of pyridine rings is 1. The maximum atomic E-state index is 5.49. The second-order valence-electron chi connectivity index (χ2n) is 3.57. The molecule has 6 nitrogen and oxygen atoms in total. The fourth-order valence-electron chi connectivity index (χ4n) is 1.58. The largest absolute Gasteiger partial charge is 0.481 e. The third-order valence-electron chi connectivity index (χ3n) is 2.40. The lowest BCUT2D eigenvalue weighted by atomic mass is 10.2. The first kappa shape index (κ1) is 13.1. The third-order valence-corrected chi connectivity index (χ3v) is 2.40. The van der Waals surface area contributed by atoms with Crippen LogP contribution in [0.3, 0.4) is 0 Å². The summed E-state index contributed by atoms with van der Waals surface area (Å²) in [5.74, 6) is 0.945. The van der Waals surface area contributed by atoms with Gasteiger partial charge in [-0.05, 0) is 19.1 Å². The predicted octanol–water partition coefficient (Wildman–Crippen LogP) is 1.95. The summed E-state index contributed by atoms with van der Waals surface area (Å²) in [6.07, 6.45) is 1.67. The molecule has 0 fully saturated rings. The molecule has 0 aliphatic rings. The van der Waals surface area contributed by atoms with Crippen LogP contribution in [0, 0.1) is 0 Å². The molecule has 0 aromatic carbocycles. The van der Waals surface area contributed by atoms with E-state index in [1.54, 1.807) is 12.3 Å². The van der Waals surface area contributed by atoms with E-state index < -0.39 is 0 Å². The van der Waals surface area contributed by atoms with E-state index in [4.69, 9.17) is 14.2 Å². The zero-order valence-corrected chi connectivity index (χ0v) is 11.1. The Kier molecular flexibility index (Phi) is 4.12. The second kappa shape index (κ2) is 5.99. The number of rotatable bonds is 5. The van der Waals surface area contributed by atoms with Crippen molar-refractivity contribution >= 4 is 0 Å². The minimum atomic E-state index is 0.237. The Morgan fingerprint density at radius 3 is 2.68 bits per heavy atom. The summed E-state index contributed by atoms with van der Waals surface area (Å²) in [6, 6.07) is 5.64. The fourth-order valence-corrected chi connectivity index (χ4v) is 1.58.